The van der Waals surface area contributed by atoms with Gasteiger partial charge in [-0.3, -0.25) is 9.59 Å². The van der Waals surface area contributed by atoms with Crippen LogP contribution in [0.15, 0.2) is 36.0 Å². The summed E-state index contributed by atoms with van der Waals surface area (Å²) >= 11 is 1.24. The van der Waals surface area contributed by atoms with Gasteiger partial charge in [0.05, 0.1) is 18.5 Å². The molecular weight excluding hydrogens is 462 g/mol. The lowest BCUT2D eigenvalue weighted by molar-refractivity contribution is -0.205. The average molecular weight is 502 g/mol. The molecule has 0 radical (unpaired) electrons. The van der Waals surface area contributed by atoms with Crippen molar-refractivity contribution < 1.29 is 24.5 Å². The summed E-state index contributed by atoms with van der Waals surface area (Å²) in [6.07, 6.45) is 5.82. The maximum Gasteiger partial charge on any atom is 0.316 e. The van der Waals surface area contributed by atoms with Crippen LogP contribution >= 0.6 is 11.8 Å². The zero-order valence-electron chi connectivity index (χ0n) is 21.3. The van der Waals surface area contributed by atoms with E-state index in [0.29, 0.717) is 23.4 Å². The highest BCUT2D eigenvalue weighted by Crippen LogP contribution is 2.68. The van der Waals surface area contributed by atoms with Crippen LogP contribution in [0.25, 0.3) is 0 Å². The van der Waals surface area contributed by atoms with Crippen molar-refractivity contribution in [2.24, 2.45) is 34.0 Å². The van der Waals surface area contributed by atoms with E-state index in [4.69, 9.17) is 4.74 Å². The Hall–Kier alpha value is -1.70. The first-order chi connectivity index (χ1) is 16.5. The lowest BCUT2D eigenvalue weighted by Crippen LogP contribution is -2.63. The van der Waals surface area contributed by atoms with Crippen LogP contribution in [0.4, 0.5) is 0 Å². The average Bonchev–Trinajstić information content (AvgIpc) is 3.21. The third-order valence-electron chi connectivity index (χ3n) is 9.92. The van der Waals surface area contributed by atoms with Crippen molar-refractivity contribution in [1.82, 2.24) is 4.98 Å². The van der Waals surface area contributed by atoms with Crippen molar-refractivity contribution in [3.05, 3.63) is 36.5 Å². The highest BCUT2D eigenvalue weighted by Gasteiger charge is 2.68. The summed E-state index contributed by atoms with van der Waals surface area (Å²) in [6, 6.07) is 3.53. The van der Waals surface area contributed by atoms with E-state index in [9.17, 15) is 19.8 Å². The van der Waals surface area contributed by atoms with Gasteiger partial charge in [0, 0.05) is 34.9 Å². The van der Waals surface area contributed by atoms with Gasteiger partial charge in [-0.05, 0) is 49.0 Å². The number of aromatic nitrogens is 1. The molecule has 0 amide bonds. The van der Waals surface area contributed by atoms with Crippen LogP contribution in [0.5, 0.6) is 0 Å². The maximum absolute atomic E-state index is 13.5. The number of rotatable bonds is 6. The second kappa shape index (κ2) is 9.64. The number of thioether (sulfide) groups is 1. The van der Waals surface area contributed by atoms with Crippen LogP contribution in [-0.4, -0.2) is 44.9 Å². The summed E-state index contributed by atoms with van der Waals surface area (Å²) in [5.41, 5.74) is -0.788. The second-order valence-corrected chi connectivity index (χ2v) is 12.4. The molecule has 0 saturated heterocycles. The Morgan fingerprint density at radius 1 is 1.34 bits per heavy atom. The Morgan fingerprint density at radius 3 is 2.77 bits per heavy atom. The number of carbonyl (C=O) groups excluding carboxylic acids is 2. The lowest BCUT2D eigenvalue weighted by Gasteiger charge is -2.61. The molecule has 3 fully saturated rings. The molecule has 1 heterocycles. The summed E-state index contributed by atoms with van der Waals surface area (Å²) in [5.74, 6) is -0.169. The maximum atomic E-state index is 13.5. The fourth-order valence-corrected chi connectivity index (χ4v) is 8.27. The van der Waals surface area contributed by atoms with Crippen molar-refractivity contribution in [2.75, 3.05) is 5.75 Å². The Labute approximate surface area is 212 Å². The standard InChI is InChI=1S/C28H39NO5S/c1-6-26(4)14-21(34-22(32)16-35-25-19(15-30)8-7-13-29-25)27(5)17(2)9-11-28(18(3)24(26)33)12-10-20(31)23(27)28/h6-8,13,17-18,21,23-24,30,33H,1,9-12,14-16H2,2-5H3/t17-,18+,21-,23?,24+,26-,27+,28+/m1/s1. The van der Waals surface area contributed by atoms with Crippen molar-refractivity contribution in [1.29, 1.82) is 0 Å². The quantitative estimate of drug-likeness (QED) is 0.335. The van der Waals surface area contributed by atoms with Gasteiger partial charge >= 0.3 is 5.97 Å². The van der Waals surface area contributed by atoms with Crippen LogP contribution in [0.2, 0.25) is 0 Å². The Kier molecular flexibility index (Phi) is 7.26. The normalized spacial score (nSPS) is 41.0. The molecule has 0 spiro atoms. The predicted molar refractivity (Wildman–Crippen MR) is 136 cm³/mol. The molecule has 8 atom stereocenters. The second-order valence-electron chi connectivity index (χ2n) is 11.5. The van der Waals surface area contributed by atoms with E-state index in [1.165, 1.54) is 11.8 Å². The van der Waals surface area contributed by atoms with Crippen LogP contribution in [0.3, 0.4) is 0 Å². The van der Waals surface area contributed by atoms with E-state index >= 15 is 0 Å². The number of ketones is 1. The molecular formula is C28H39NO5S. The Morgan fingerprint density at radius 2 is 2.09 bits per heavy atom. The summed E-state index contributed by atoms with van der Waals surface area (Å²) in [7, 11) is 0. The zero-order chi connectivity index (χ0) is 25.6. The van der Waals surface area contributed by atoms with E-state index in [2.05, 4.69) is 32.3 Å². The van der Waals surface area contributed by atoms with Crippen LogP contribution in [0, 0.1) is 34.0 Å². The molecule has 0 aliphatic heterocycles. The van der Waals surface area contributed by atoms with Crippen molar-refractivity contribution >= 4 is 23.5 Å². The largest absolute Gasteiger partial charge is 0.461 e. The van der Waals surface area contributed by atoms with Gasteiger partial charge in [0.25, 0.3) is 0 Å². The number of hydrogen-bond donors (Lipinski definition) is 2. The van der Waals surface area contributed by atoms with Crippen LogP contribution in [0.1, 0.15) is 65.4 Å². The molecule has 2 N–H and O–H groups in total. The number of ether oxygens (including phenoxy) is 1. The molecule has 3 aliphatic rings. The summed E-state index contributed by atoms with van der Waals surface area (Å²) in [4.78, 5) is 30.9. The minimum absolute atomic E-state index is 0.0537. The molecule has 35 heavy (non-hydrogen) atoms. The number of carbonyl (C=O) groups is 2. The minimum Gasteiger partial charge on any atom is -0.461 e. The fourth-order valence-electron chi connectivity index (χ4n) is 7.50. The Balaban J connectivity index is 1.68. The van der Waals surface area contributed by atoms with Gasteiger partial charge < -0.3 is 14.9 Å². The predicted octanol–water partition coefficient (Wildman–Crippen LogP) is 4.57. The van der Waals surface area contributed by atoms with Crippen LogP contribution in [-0.2, 0) is 20.9 Å². The van der Waals surface area contributed by atoms with Crippen molar-refractivity contribution in [3.8, 4) is 0 Å². The van der Waals surface area contributed by atoms with Crippen LogP contribution < -0.4 is 0 Å². The van der Waals surface area contributed by atoms with Gasteiger partial charge in [0.1, 0.15) is 16.9 Å². The zero-order valence-corrected chi connectivity index (χ0v) is 22.1. The van der Waals surface area contributed by atoms with Crippen molar-refractivity contribution in [3.63, 3.8) is 0 Å². The first-order valence-corrected chi connectivity index (χ1v) is 13.7. The fraction of sp³-hybridized carbons (Fsp3) is 0.679. The van der Waals surface area contributed by atoms with Gasteiger partial charge in [-0.1, -0.05) is 51.6 Å². The topological polar surface area (TPSA) is 96.7 Å². The van der Waals surface area contributed by atoms with E-state index in [-0.39, 0.29) is 47.3 Å². The number of pyridine rings is 1. The van der Waals surface area contributed by atoms with E-state index in [1.807, 2.05) is 13.0 Å². The molecule has 4 rings (SSSR count). The van der Waals surface area contributed by atoms with Gasteiger partial charge in [0.15, 0.2) is 0 Å². The van der Waals surface area contributed by atoms with Crippen molar-refractivity contribution in [2.45, 2.75) is 83.6 Å². The molecule has 1 aromatic rings. The first-order valence-electron chi connectivity index (χ1n) is 12.7. The molecule has 6 nitrogen and oxygen atoms in total. The van der Waals surface area contributed by atoms with E-state index in [1.54, 1.807) is 18.3 Å². The van der Waals surface area contributed by atoms with E-state index < -0.39 is 23.0 Å². The molecule has 7 heteroatoms. The Bertz CT molecular complexity index is 999. The number of aliphatic hydroxyl groups excluding tert-OH is 2. The van der Waals surface area contributed by atoms with Gasteiger partial charge in [-0.15, -0.1) is 6.58 Å². The van der Waals surface area contributed by atoms with Gasteiger partial charge in [0.2, 0.25) is 0 Å². The third kappa shape index (κ3) is 4.17. The molecule has 0 aromatic carbocycles. The minimum atomic E-state index is -0.678. The lowest BCUT2D eigenvalue weighted by atomic mass is 9.44. The summed E-state index contributed by atoms with van der Waals surface area (Å²) < 4.78 is 6.25. The first kappa shape index (κ1) is 26.4. The highest BCUT2D eigenvalue weighted by atomic mass is 32.2. The number of Topliss-reactive ketones (excluding diaryl/α,β-unsaturated/α-hetero) is 1. The summed E-state index contributed by atoms with van der Waals surface area (Å²) in [6.45, 7) is 12.3. The van der Waals surface area contributed by atoms with Gasteiger partial charge in [-0.25, -0.2) is 4.98 Å². The number of hydrogen-bond acceptors (Lipinski definition) is 7. The molecule has 2 bridgehead atoms. The molecule has 1 unspecified atom stereocenters. The molecule has 3 aliphatic carbocycles. The summed E-state index contributed by atoms with van der Waals surface area (Å²) in [5, 5.41) is 21.8. The molecule has 192 valence electrons. The van der Waals surface area contributed by atoms with Gasteiger partial charge in [-0.2, -0.15) is 0 Å². The third-order valence-corrected chi connectivity index (χ3v) is 10.9. The molecule has 1 aromatic heterocycles. The SMILES string of the molecule is C=C[C@]1(C)C[C@@H](OC(=O)CSc2ncccc2CO)[C@@]2(C)C3C(=O)CC[C@@]3(CC[C@H]2C)[C@@H](C)[C@@H]1O. The van der Waals surface area contributed by atoms with E-state index in [0.717, 1.165) is 19.3 Å². The number of nitrogens with zero attached hydrogens (tertiary/aromatic N) is 1. The number of esters is 1. The smallest absolute Gasteiger partial charge is 0.316 e. The highest BCUT2D eigenvalue weighted by molar-refractivity contribution is 7.99. The number of aliphatic hydroxyl groups is 2. The molecule has 3 saturated carbocycles. The monoisotopic (exact) mass is 501 g/mol.